The summed E-state index contributed by atoms with van der Waals surface area (Å²) in [6.07, 6.45) is 0.239. The number of rotatable bonds is 2. The lowest BCUT2D eigenvalue weighted by atomic mass is 9.54. The summed E-state index contributed by atoms with van der Waals surface area (Å²) < 4.78 is 12.8. The van der Waals surface area contributed by atoms with Crippen LogP contribution >= 0.6 is 0 Å². The van der Waals surface area contributed by atoms with Gasteiger partial charge in [-0.3, -0.25) is 14.3 Å². The van der Waals surface area contributed by atoms with Gasteiger partial charge in [0, 0.05) is 18.2 Å². The molecule has 5 atom stereocenters. The van der Waals surface area contributed by atoms with Gasteiger partial charge in [0.15, 0.2) is 12.0 Å². The number of H-pyrrole nitrogens is 1. The van der Waals surface area contributed by atoms with E-state index in [0.717, 1.165) is 0 Å². The Kier molecular flexibility index (Phi) is 2.38. The molecule has 1 aliphatic carbocycles. The summed E-state index contributed by atoms with van der Waals surface area (Å²) in [7, 11) is 0. The standard InChI is InChI=1S/C14H18N2O6/c1-6-4-16(11(18)15-9(6)17)10-7-8-13(22-10,12(2,3)19)5-14(8,20)21-7/h4,7-8,10,19-20H,5H2,1-3H3,(H,15,17,18)/t7?,8?,10-,13+,14?/m1/s1. The van der Waals surface area contributed by atoms with Gasteiger partial charge in [-0.05, 0) is 20.8 Å². The number of hydrogen-bond acceptors (Lipinski definition) is 6. The predicted molar refractivity (Wildman–Crippen MR) is 73.1 cm³/mol. The van der Waals surface area contributed by atoms with Crippen molar-refractivity contribution in [1.82, 2.24) is 9.55 Å². The van der Waals surface area contributed by atoms with E-state index in [1.165, 1.54) is 10.8 Å². The molecule has 0 bridgehead atoms. The van der Waals surface area contributed by atoms with Crippen molar-refractivity contribution < 1.29 is 19.7 Å². The maximum Gasteiger partial charge on any atom is 0.330 e. The van der Waals surface area contributed by atoms with Crippen LogP contribution in [0.1, 0.15) is 32.1 Å². The fourth-order valence-corrected chi connectivity index (χ4v) is 4.05. The normalized spacial score (nSPS) is 42.5. The average Bonchev–Trinajstić information content (AvgIpc) is 2.49. The van der Waals surface area contributed by atoms with Crippen LogP contribution in [0.4, 0.5) is 0 Å². The molecule has 0 amide bonds. The third-order valence-electron chi connectivity index (χ3n) is 5.24. The summed E-state index contributed by atoms with van der Waals surface area (Å²) in [4.78, 5) is 25.8. The molecule has 8 heteroatoms. The molecule has 0 radical (unpaired) electrons. The van der Waals surface area contributed by atoms with Crippen molar-refractivity contribution in [2.75, 3.05) is 0 Å². The Balaban J connectivity index is 1.79. The van der Waals surface area contributed by atoms with Gasteiger partial charge in [-0.15, -0.1) is 0 Å². The highest BCUT2D eigenvalue weighted by atomic mass is 16.7. The van der Waals surface area contributed by atoms with E-state index < -0.39 is 46.5 Å². The minimum atomic E-state index is -1.29. The van der Waals surface area contributed by atoms with Gasteiger partial charge in [-0.25, -0.2) is 4.79 Å². The van der Waals surface area contributed by atoms with E-state index in [1.807, 2.05) is 0 Å². The van der Waals surface area contributed by atoms with E-state index in [-0.39, 0.29) is 6.42 Å². The van der Waals surface area contributed by atoms with Crippen LogP contribution < -0.4 is 11.2 Å². The number of aliphatic hydroxyl groups is 2. The van der Waals surface area contributed by atoms with E-state index in [1.54, 1.807) is 20.8 Å². The molecule has 22 heavy (non-hydrogen) atoms. The van der Waals surface area contributed by atoms with Crippen LogP contribution in [-0.4, -0.2) is 42.9 Å². The topological polar surface area (TPSA) is 114 Å². The van der Waals surface area contributed by atoms with Crippen LogP contribution in [0.25, 0.3) is 0 Å². The molecule has 2 aliphatic heterocycles. The van der Waals surface area contributed by atoms with Gasteiger partial charge < -0.3 is 19.7 Å². The second-order valence-corrected chi connectivity index (χ2v) is 7.02. The molecule has 3 aliphatic rings. The number of nitrogens with one attached hydrogen (secondary N) is 1. The Morgan fingerprint density at radius 3 is 2.64 bits per heavy atom. The van der Waals surface area contributed by atoms with Crippen LogP contribution in [-0.2, 0) is 9.47 Å². The first-order chi connectivity index (χ1) is 10.1. The van der Waals surface area contributed by atoms with Crippen molar-refractivity contribution in [3.8, 4) is 0 Å². The quantitative estimate of drug-likeness (QED) is 0.645. The lowest BCUT2D eigenvalue weighted by Gasteiger charge is -2.65. The number of hydrogen-bond donors (Lipinski definition) is 3. The third kappa shape index (κ3) is 1.41. The third-order valence-corrected chi connectivity index (χ3v) is 5.24. The van der Waals surface area contributed by atoms with E-state index in [4.69, 9.17) is 9.47 Å². The second kappa shape index (κ2) is 3.70. The predicted octanol–water partition coefficient (Wildman–Crippen LogP) is -1.01. The van der Waals surface area contributed by atoms with Crippen LogP contribution in [0.2, 0.25) is 0 Å². The van der Waals surface area contributed by atoms with Crippen molar-refractivity contribution in [3.05, 3.63) is 32.6 Å². The van der Waals surface area contributed by atoms with Gasteiger partial charge in [0.1, 0.15) is 11.7 Å². The molecular weight excluding hydrogens is 292 g/mol. The fraction of sp³-hybridized carbons (Fsp3) is 0.714. The molecule has 0 spiro atoms. The van der Waals surface area contributed by atoms with Crippen molar-refractivity contribution in [2.45, 2.75) is 56.5 Å². The molecule has 120 valence electrons. The molecular formula is C14H18N2O6. The lowest BCUT2D eigenvalue weighted by molar-refractivity contribution is -0.448. The summed E-state index contributed by atoms with van der Waals surface area (Å²) in [5, 5.41) is 20.7. The van der Waals surface area contributed by atoms with Crippen molar-refractivity contribution >= 4 is 0 Å². The molecule has 2 saturated heterocycles. The maximum absolute atomic E-state index is 12.1. The van der Waals surface area contributed by atoms with Gasteiger partial charge in [-0.2, -0.15) is 0 Å². The van der Waals surface area contributed by atoms with E-state index in [2.05, 4.69) is 4.98 Å². The molecule has 0 aromatic carbocycles. The van der Waals surface area contributed by atoms with E-state index in [9.17, 15) is 19.8 Å². The number of aryl methyl sites for hydroxylation is 1. The second-order valence-electron chi connectivity index (χ2n) is 7.02. The first-order valence-corrected chi connectivity index (χ1v) is 7.21. The maximum atomic E-state index is 12.1. The zero-order valence-corrected chi connectivity index (χ0v) is 12.5. The van der Waals surface area contributed by atoms with Crippen molar-refractivity contribution in [1.29, 1.82) is 0 Å². The Labute approximate surface area is 125 Å². The highest BCUT2D eigenvalue weighted by molar-refractivity contribution is 5.27. The van der Waals surface area contributed by atoms with E-state index >= 15 is 0 Å². The molecule has 3 heterocycles. The highest BCUT2D eigenvalue weighted by Gasteiger charge is 2.85. The first-order valence-electron chi connectivity index (χ1n) is 7.21. The molecule has 3 unspecified atom stereocenters. The Hall–Kier alpha value is -1.48. The Morgan fingerprint density at radius 2 is 2.09 bits per heavy atom. The van der Waals surface area contributed by atoms with Gasteiger partial charge in [0.2, 0.25) is 0 Å². The highest BCUT2D eigenvalue weighted by Crippen LogP contribution is 2.70. The van der Waals surface area contributed by atoms with Crippen molar-refractivity contribution in [3.63, 3.8) is 0 Å². The molecule has 1 aromatic rings. The fourth-order valence-electron chi connectivity index (χ4n) is 4.05. The van der Waals surface area contributed by atoms with Crippen LogP contribution in [0.3, 0.4) is 0 Å². The monoisotopic (exact) mass is 310 g/mol. The summed E-state index contributed by atoms with van der Waals surface area (Å²) in [5.41, 5.74) is -2.84. The number of aromatic nitrogens is 2. The van der Waals surface area contributed by atoms with Crippen LogP contribution in [0.5, 0.6) is 0 Å². The zero-order valence-electron chi connectivity index (χ0n) is 12.5. The molecule has 4 rings (SSSR count). The Morgan fingerprint density at radius 1 is 1.41 bits per heavy atom. The molecule has 1 aromatic heterocycles. The van der Waals surface area contributed by atoms with Gasteiger partial charge >= 0.3 is 5.69 Å². The smallest absolute Gasteiger partial charge is 0.330 e. The number of nitrogens with zero attached hydrogens (tertiary/aromatic N) is 1. The SMILES string of the molecule is Cc1cn([C@@H]2O[C@@]3(C(C)(C)O)CC4(O)OC2C43)c(=O)[nH]c1=O. The van der Waals surface area contributed by atoms with Gasteiger partial charge in [0.05, 0.1) is 11.5 Å². The molecule has 3 N–H and O–H groups in total. The first kappa shape index (κ1) is 14.1. The number of aromatic amines is 1. The van der Waals surface area contributed by atoms with Gasteiger partial charge in [-0.1, -0.05) is 0 Å². The largest absolute Gasteiger partial charge is 0.387 e. The average molecular weight is 310 g/mol. The minimum Gasteiger partial charge on any atom is -0.387 e. The summed E-state index contributed by atoms with van der Waals surface area (Å²) in [6.45, 7) is 4.82. The summed E-state index contributed by atoms with van der Waals surface area (Å²) in [6, 6.07) is 0. The summed E-state index contributed by atoms with van der Waals surface area (Å²) in [5.74, 6) is -1.69. The lowest BCUT2D eigenvalue weighted by Crippen LogP contribution is -2.81. The number of ether oxygens (including phenoxy) is 2. The molecule has 3 fully saturated rings. The van der Waals surface area contributed by atoms with Crippen molar-refractivity contribution in [2.24, 2.45) is 5.92 Å². The van der Waals surface area contributed by atoms with Gasteiger partial charge in [0.25, 0.3) is 5.56 Å². The van der Waals surface area contributed by atoms with Crippen LogP contribution in [0, 0.1) is 12.8 Å². The summed E-state index contributed by atoms with van der Waals surface area (Å²) >= 11 is 0. The zero-order chi connectivity index (χ0) is 16.1. The van der Waals surface area contributed by atoms with E-state index in [0.29, 0.717) is 5.56 Å². The molecule has 1 saturated carbocycles. The minimum absolute atomic E-state index is 0.151. The Bertz CT molecular complexity index is 777. The van der Waals surface area contributed by atoms with Crippen LogP contribution in [0.15, 0.2) is 15.8 Å². The molecule has 8 nitrogen and oxygen atoms in total.